The molecule has 1 N–H and O–H groups in total. The molecule has 0 saturated heterocycles. The second kappa shape index (κ2) is 4.24. The lowest BCUT2D eigenvalue weighted by Gasteiger charge is -2.26. The largest absolute Gasteiger partial charge is 0.511 e. The number of carbonyl (C=O) groups excluding carboxylic acids is 1. The number of aliphatic hydroxyl groups excluding tert-OH is 1. The standard InChI is InChI=1S/C10H15F3O2/c1-6(2)7(14)5-8(15)9(3,4)10(11,12)13/h5-6,15H,1-4H3. The van der Waals surface area contributed by atoms with E-state index in [1.54, 1.807) is 13.8 Å². The maximum atomic E-state index is 12.4. The van der Waals surface area contributed by atoms with Gasteiger partial charge in [0.1, 0.15) is 11.2 Å². The van der Waals surface area contributed by atoms with Gasteiger partial charge in [-0.3, -0.25) is 4.79 Å². The van der Waals surface area contributed by atoms with Crippen molar-refractivity contribution in [1.82, 2.24) is 0 Å². The summed E-state index contributed by atoms with van der Waals surface area (Å²) in [5, 5.41) is 9.25. The quantitative estimate of drug-likeness (QED) is 0.590. The molecule has 2 nitrogen and oxygen atoms in total. The normalized spacial score (nSPS) is 14.5. The van der Waals surface area contributed by atoms with Crippen LogP contribution in [0.4, 0.5) is 13.2 Å². The Hall–Kier alpha value is -1.00. The summed E-state index contributed by atoms with van der Waals surface area (Å²) in [5.41, 5.74) is -2.39. The molecule has 0 aromatic heterocycles. The van der Waals surface area contributed by atoms with Crippen molar-refractivity contribution in [2.75, 3.05) is 0 Å². The van der Waals surface area contributed by atoms with Crippen molar-refractivity contribution in [3.63, 3.8) is 0 Å². The van der Waals surface area contributed by atoms with Crippen LogP contribution in [0.5, 0.6) is 0 Å². The van der Waals surface area contributed by atoms with Crippen LogP contribution in [0.1, 0.15) is 27.7 Å². The number of rotatable bonds is 3. The maximum Gasteiger partial charge on any atom is 0.400 e. The molecule has 0 spiro atoms. The molecule has 0 aliphatic carbocycles. The van der Waals surface area contributed by atoms with Gasteiger partial charge < -0.3 is 5.11 Å². The molecule has 0 aromatic carbocycles. The number of hydrogen-bond acceptors (Lipinski definition) is 2. The van der Waals surface area contributed by atoms with Crippen molar-refractivity contribution >= 4 is 5.78 Å². The van der Waals surface area contributed by atoms with Gasteiger partial charge in [-0.15, -0.1) is 0 Å². The summed E-state index contributed by atoms with van der Waals surface area (Å²) in [7, 11) is 0. The molecular formula is C10H15F3O2. The minimum atomic E-state index is -4.58. The number of alkyl halides is 3. The van der Waals surface area contributed by atoms with E-state index < -0.39 is 29.1 Å². The Balaban J connectivity index is 5.01. The molecule has 88 valence electrons. The van der Waals surface area contributed by atoms with E-state index in [0.717, 1.165) is 13.8 Å². The van der Waals surface area contributed by atoms with E-state index in [9.17, 15) is 23.1 Å². The van der Waals surface area contributed by atoms with E-state index in [4.69, 9.17) is 0 Å². The fraction of sp³-hybridized carbons (Fsp3) is 0.700. The average Bonchev–Trinajstić information content (AvgIpc) is 2.01. The molecule has 0 rings (SSSR count). The van der Waals surface area contributed by atoms with Gasteiger partial charge in [0.15, 0.2) is 5.78 Å². The first-order valence-electron chi connectivity index (χ1n) is 4.52. The number of allylic oxidation sites excluding steroid dienone is 2. The molecule has 0 unspecified atom stereocenters. The monoisotopic (exact) mass is 224 g/mol. The second-order valence-corrected chi connectivity index (χ2v) is 4.21. The first-order chi connectivity index (χ1) is 6.50. The SMILES string of the molecule is CC(C)C(=O)C=C(O)C(C)(C)C(F)(F)F. The first-order valence-corrected chi connectivity index (χ1v) is 4.52. The van der Waals surface area contributed by atoms with Gasteiger partial charge in [-0.2, -0.15) is 13.2 Å². The van der Waals surface area contributed by atoms with Gasteiger partial charge in [-0.1, -0.05) is 13.8 Å². The molecule has 0 aliphatic heterocycles. The fourth-order valence-electron chi connectivity index (χ4n) is 0.627. The Morgan fingerprint density at radius 3 is 1.93 bits per heavy atom. The summed E-state index contributed by atoms with van der Waals surface area (Å²) < 4.78 is 37.3. The first kappa shape index (κ1) is 14.0. The third-order valence-electron chi connectivity index (χ3n) is 2.20. The van der Waals surface area contributed by atoms with Gasteiger partial charge in [0, 0.05) is 12.0 Å². The Kier molecular flexibility index (Phi) is 3.96. The van der Waals surface area contributed by atoms with Gasteiger partial charge in [-0.25, -0.2) is 0 Å². The minimum absolute atomic E-state index is 0.434. The third-order valence-corrected chi connectivity index (χ3v) is 2.20. The van der Waals surface area contributed by atoms with Gasteiger partial charge in [0.25, 0.3) is 0 Å². The molecule has 0 saturated carbocycles. The highest BCUT2D eigenvalue weighted by Crippen LogP contribution is 2.42. The molecule has 5 heteroatoms. The van der Waals surface area contributed by atoms with Crippen molar-refractivity contribution in [2.45, 2.75) is 33.9 Å². The fourth-order valence-corrected chi connectivity index (χ4v) is 0.627. The summed E-state index contributed by atoms with van der Waals surface area (Å²) in [6.45, 7) is 4.75. The van der Waals surface area contributed by atoms with E-state index in [1.165, 1.54) is 0 Å². The van der Waals surface area contributed by atoms with Gasteiger partial charge in [0.05, 0.1) is 0 Å². The predicted octanol–water partition coefficient (Wildman–Crippen LogP) is 3.24. The van der Waals surface area contributed by atoms with Crippen LogP contribution in [0.15, 0.2) is 11.8 Å². The van der Waals surface area contributed by atoms with Crippen LogP contribution in [0, 0.1) is 11.3 Å². The van der Waals surface area contributed by atoms with Gasteiger partial charge in [0.2, 0.25) is 0 Å². The molecule has 0 bridgehead atoms. The minimum Gasteiger partial charge on any atom is -0.511 e. The average molecular weight is 224 g/mol. The molecule has 0 aliphatic rings. The van der Waals surface area contributed by atoms with Crippen LogP contribution < -0.4 is 0 Å². The zero-order valence-electron chi connectivity index (χ0n) is 9.14. The zero-order chi connectivity index (χ0) is 12.4. The molecule has 0 heterocycles. The number of halogens is 3. The highest BCUT2D eigenvalue weighted by Gasteiger charge is 2.50. The number of ketones is 1. The summed E-state index contributed by atoms with van der Waals surface area (Å²) in [6.07, 6.45) is -3.93. The van der Waals surface area contributed by atoms with Crippen molar-refractivity contribution in [1.29, 1.82) is 0 Å². The van der Waals surface area contributed by atoms with Crippen LogP contribution in [0.25, 0.3) is 0 Å². The number of aliphatic hydroxyl groups is 1. The molecule has 15 heavy (non-hydrogen) atoms. The lowest BCUT2D eigenvalue weighted by atomic mass is 9.88. The van der Waals surface area contributed by atoms with E-state index in [2.05, 4.69) is 0 Å². The maximum absolute atomic E-state index is 12.4. The van der Waals surface area contributed by atoms with Crippen LogP contribution in [-0.4, -0.2) is 17.1 Å². The third kappa shape index (κ3) is 3.25. The van der Waals surface area contributed by atoms with Gasteiger partial charge in [-0.05, 0) is 13.8 Å². The van der Waals surface area contributed by atoms with Crippen LogP contribution in [0.2, 0.25) is 0 Å². The Bertz CT molecular complexity index is 275. The summed E-state index contributed by atoms with van der Waals surface area (Å²) in [6, 6.07) is 0. The molecule has 0 radical (unpaired) electrons. The molecule has 0 atom stereocenters. The van der Waals surface area contributed by atoms with E-state index in [-0.39, 0.29) is 0 Å². The highest BCUT2D eigenvalue weighted by atomic mass is 19.4. The zero-order valence-corrected chi connectivity index (χ0v) is 9.14. The van der Waals surface area contributed by atoms with E-state index >= 15 is 0 Å². The lowest BCUT2D eigenvalue weighted by molar-refractivity contribution is -0.206. The van der Waals surface area contributed by atoms with Crippen LogP contribution >= 0.6 is 0 Å². The topological polar surface area (TPSA) is 37.3 Å². The number of carbonyl (C=O) groups is 1. The van der Waals surface area contributed by atoms with E-state index in [1.807, 2.05) is 0 Å². The smallest absolute Gasteiger partial charge is 0.400 e. The number of hydrogen-bond donors (Lipinski definition) is 1. The summed E-state index contributed by atoms with van der Waals surface area (Å²) in [5.74, 6) is -1.91. The van der Waals surface area contributed by atoms with Crippen LogP contribution in [-0.2, 0) is 4.79 Å². The Morgan fingerprint density at radius 2 is 1.67 bits per heavy atom. The van der Waals surface area contributed by atoms with Crippen molar-refractivity contribution in [2.24, 2.45) is 11.3 Å². The molecular weight excluding hydrogens is 209 g/mol. The molecule has 0 aromatic rings. The lowest BCUT2D eigenvalue weighted by Crippen LogP contribution is -2.34. The predicted molar refractivity (Wildman–Crippen MR) is 50.4 cm³/mol. The summed E-state index contributed by atoms with van der Waals surface area (Å²) >= 11 is 0. The Labute approximate surface area is 86.8 Å². The van der Waals surface area contributed by atoms with Crippen LogP contribution in [0.3, 0.4) is 0 Å². The second-order valence-electron chi connectivity index (χ2n) is 4.21. The van der Waals surface area contributed by atoms with Crippen molar-refractivity contribution < 1.29 is 23.1 Å². The van der Waals surface area contributed by atoms with E-state index in [0.29, 0.717) is 6.08 Å². The molecule has 0 amide bonds. The van der Waals surface area contributed by atoms with Gasteiger partial charge >= 0.3 is 6.18 Å². The highest BCUT2D eigenvalue weighted by molar-refractivity contribution is 5.91. The van der Waals surface area contributed by atoms with Crippen molar-refractivity contribution in [3.05, 3.63) is 11.8 Å². The summed E-state index contributed by atoms with van der Waals surface area (Å²) in [4.78, 5) is 11.1. The van der Waals surface area contributed by atoms with Crippen molar-refractivity contribution in [3.8, 4) is 0 Å². The Morgan fingerprint density at radius 1 is 1.27 bits per heavy atom. The molecule has 0 fully saturated rings.